The van der Waals surface area contributed by atoms with Gasteiger partial charge in [0.1, 0.15) is 18.1 Å². The number of nitrogens with two attached hydrogens (primary N) is 4. The van der Waals surface area contributed by atoms with Gasteiger partial charge >= 0.3 is 5.97 Å². The standard InChI is InChI=1S/C22H42N8O6/c1-11(2)10-15(29-18(32)13(23)6-5-9-27-22(25)26)19(33)30-17(12(3)4)20(34)28-14(21(35)36)7-8-16(24)31/h11-15,17H,5-10,23H2,1-4H3,(H2,24,31)(H,28,34)(H,29,32)(H,30,33)(H,35,36)(H4,25,26,27). The zero-order valence-corrected chi connectivity index (χ0v) is 21.5. The molecule has 4 amide bonds. The number of hydrogen-bond donors (Lipinski definition) is 8. The molecule has 0 rings (SSSR count). The molecular weight excluding hydrogens is 472 g/mol. The Morgan fingerprint density at radius 1 is 0.833 bits per heavy atom. The molecule has 0 spiro atoms. The van der Waals surface area contributed by atoms with E-state index in [4.69, 9.17) is 22.9 Å². The molecule has 0 radical (unpaired) electrons. The minimum atomic E-state index is -1.36. The fraction of sp³-hybridized carbons (Fsp3) is 0.727. The number of carbonyl (C=O) groups excluding carboxylic acids is 4. The van der Waals surface area contributed by atoms with Gasteiger partial charge in [0.2, 0.25) is 23.6 Å². The number of hydrogen-bond acceptors (Lipinski definition) is 7. The van der Waals surface area contributed by atoms with Gasteiger partial charge in [-0.05, 0) is 37.5 Å². The molecule has 4 atom stereocenters. The number of aliphatic imine (C=N–C) groups is 1. The van der Waals surface area contributed by atoms with Crippen LogP contribution in [0, 0.1) is 11.8 Å². The first-order chi connectivity index (χ1) is 16.6. The first-order valence-electron chi connectivity index (χ1n) is 11.9. The zero-order valence-electron chi connectivity index (χ0n) is 21.5. The van der Waals surface area contributed by atoms with Gasteiger partial charge in [0.05, 0.1) is 6.04 Å². The Balaban J connectivity index is 5.33. The SMILES string of the molecule is CC(C)CC(NC(=O)C(N)CCCN=C(N)N)C(=O)NC(C(=O)NC(CCC(N)=O)C(=O)O)C(C)C. The highest BCUT2D eigenvalue weighted by Gasteiger charge is 2.32. The molecule has 0 saturated heterocycles. The molecule has 0 aliphatic heterocycles. The third-order valence-electron chi connectivity index (χ3n) is 5.19. The monoisotopic (exact) mass is 514 g/mol. The van der Waals surface area contributed by atoms with Crippen LogP contribution in [0.15, 0.2) is 4.99 Å². The molecule has 36 heavy (non-hydrogen) atoms. The average Bonchev–Trinajstić information content (AvgIpc) is 2.75. The number of nitrogens with zero attached hydrogens (tertiary/aromatic N) is 1. The molecule has 206 valence electrons. The predicted octanol–water partition coefficient (Wildman–Crippen LogP) is -2.13. The number of carbonyl (C=O) groups is 5. The Kier molecular flexibility index (Phi) is 14.7. The summed E-state index contributed by atoms with van der Waals surface area (Å²) in [7, 11) is 0. The Morgan fingerprint density at radius 2 is 1.42 bits per heavy atom. The maximum Gasteiger partial charge on any atom is 0.326 e. The molecule has 14 nitrogen and oxygen atoms in total. The molecule has 0 aromatic rings. The lowest BCUT2D eigenvalue weighted by Gasteiger charge is -2.27. The maximum atomic E-state index is 13.1. The van der Waals surface area contributed by atoms with Gasteiger partial charge in [-0.3, -0.25) is 24.2 Å². The van der Waals surface area contributed by atoms with E-state index in [1.54, 1.807) is 13.8 Å². The van der Waals surface area contributed by atoms with E-state index in [-0.39, 0.29) is 37.6 Å². The number of carboxylic acids is 1. The Morgan fingerprint density at radius 3 is 1.89 bits per heavy atom. The van der Waals surface area contributed by atoms with Gasteiger partial charge in [-0.15, -0.1) is 0 Å². The minimum absolute atomic E-state index is 0.0238. The van der Waals surface area contributed by atoms with Crippen molar-refractivity contribution in [3.05, 3.63) is 0 Å². The highest BCUT2D eigenvalue weighted by atomic mass is 16.4. The molecular formula is C22H42N8O6. The van der Waals surface area contributed by atoms with Crippen LogP contribution in [-0.2, 0) is 24.0 Å². The second-order valence-electron chi connectivity index (χ2n) is 9.38. The Hall–Kier alpha value is -3.42. The van der Waals surface area contributed by atoms with Crippen LogP contribution in [0.1, 0.15) is 59.8 Å². The van der Waals surface area contributed by atoms with Crippen LogP contribution >= 0.6 is 0 Å². The van der Waals surface area contributed by atoms with Crippen LogP contribution in [0.2, 0.25) is 0 Å². The van der Waals surface area contributed by atoms with Crippen molar-refractivity contribution in [1.82, 2.24) is 16.0 Å². The fourth-order valence-corrected chi connectivity index (χ4v) is 3.23. The lowest BCUT2D eigenvalue weighted by atomic mass is 9.99. The van der Waals surface area contributed by atoms with Crippen molar-refractivity contribution in [2.24, 2.45) is 39.8 Å². The van der Waals surface area contributed by atoms with Gasteiger partial charge in [0.25, 0.3) is 0 Å². The van der Waals surface area contributed by atoms with Crippen LogP contribution in [0.5, 0.6) is 0 Å². The van der Waals surface area contributed by atoms with Crippen LogP contribution in [0.3, 0.4) is 0 Å². The van der Waals surface area contributed by atoms with E-state index in [0.717, 1.165) is 0 Å². The second-order valence-corrected chi connectivity index (χ2v) is 9.38. The van der Waals surface area contributed by atoms with Gasteiger partial charge < -0.3 is 44.0 Å². The third-order valence-corrected chi connectivity index (χ3v) is 5.19. The smallest absolute Gasteiger partial charge is 0.326 e. The quantitative estimate of drug-likeness (QED) is 0.0598. The van der Waals surface area contributed by atoms with Crippen molar-refractivity contribution in [2.75, 3.05) is 6.54 Å². The number of primary amides is 1. The molecule has 0 aromatic heterocycles. The number of carboxylic acid groups (broad SMARTS) is 1. The fourth-order valence-electron chi connectivity index (χ4n) is 3.23. The number of nitrogens with one attached hydrogen (secondary N) is 3. The summed E-state index contributed by atoms with van der Waals surface area (Å²) in [6, 6.07) is -4.31. The van der Waals surface area contributed by atoms with E-state index in [2.05, 4.69) is 20.9 Å². The Bertz CT molecular complexity index is 797. The molecule has 0 heterocycles. The molecule has 14 heteroatoms. The summed E-state index contributed by atoms with van der Waals surface area (Å²) in [5, 5.41) is 16.9. The van der Waals surface area contributed by atoms with Crippen molar-refractivity contribution in [1.29, 1.82) is 0 Å². The maximum absolute atomic E-state index is 13.1. The van der Waals surface area contributed by atoms with E-state index < -0.39 is 59.7 Å². The molecule has 4 unspecified atom stereocenters. The molecule has 0 aliphatic rings. The lowest BCUT2D eigenvalue weighted by molar-refractivity contribution is -0.143. The summed E-state index contributed by atoms with van der Waals surface area (Å²) < 4.78 is 0. The van der Waals surface area contributed by atoms with Gasteiger partial charge in [-0.25, -0.2) is 4.79 Å². The number of amides is 4. The molecule has 0 bridgehead atoms. The van der Waals surface area contributed by atoms with E-state index in [1.807, 2.05) is 13.8 Å². The van der Waals surface area contributed by atoms with E-state index >= 15 is 0 Å². The van der Waals surface area contributed by atoms with Crippen molar-refractivity contribution in [3.63, 3.8) is 0 Å². The van der Waals surface area contributed by atoms with Crippen molar-refractivity contribution >= 4 is 35.6 Å². The number of aliphatic carboxylic acids is 1. The minimum Gasteiger partial charge on any atom is -0.480 e. The predicted molar refractivity (Wildman–Crippen MR) is 134 cm³/mol. The summed E-state index contributed by atoms with van der Waals surface area (Å²) >= 11 is 0. The number of rotatable bonds is 17. The molecule has 0 saturated carbocycles. The summed E-state index contributed by atoms with van der Waals surface area (Å²) in [5.74, 6) is -4.37. The van der Waals surface area contributed by atoms with Crippen LogP contribution < -0.4 is 38.9 Å². The van der Waals surface area contributed by atoms with E-state index in [0.29, 0.717) is 13.0 Å². The summed E-state index contributed by atoms with van der Waals surface area (Å²) in [4.78, 5) is 64.7. The molecule has 0 fully saturated rings. The van der Waals surface area contributed by atoms with E-state index in [1.165, 1.54) is 0 Å². The molecule has 0 aromatic carbocycles. The van der Waals surface area contributed by atoms with Gasteiger partial charge in [-0.2, -0.15) is 0 Å². The first-order valence-corrected chi connectivity index (χ1v) is 11.9. The normalized spacial score (nSPS) is 14.3. The largest absolute Gasteiger partial charge is 0.480 e. The van der Waals surface area contributed by atoms with Crippen LogP contribution in [-0.4, -0.2) is 71.4 Å². The zero-order chi connectivity index (χ0) is 28.0. The summed E-state index contributed by atoms with van der Waals surface area (Å²) in [5.41, 5.74) is 21.5. The number of guanidine groups is 1. The van der Waals surface area contributed by atoms with E-state index in [9.17, 15) is 29.1 Å². The summed E-state index contributed by atoms with van der Waals surface area (Å²) in [6.07, 6.45) is 0.606. The van der Waals surface area contributed by atoms with Crippen molar-refractivity contribution < 1.29 is 29.1 Å². The van der Waals surface area contributed by atoms with Gasteiger partial charge in [0.15, 0.2) is 5.96 Å². The van der Waals surface area contributed by atoms with Crippen molar-refractivity contribution in [3.8, 4) is 0 Å². The third kappa shape index (κ3) is 13.5. The molecule has 12 N–H and O–H groups in total. The summed E-state index contributed by atoms with van der Waals surface area (Å²) in [6.45, 7) is 7.38. The second kappa shape index (κ2) is 16.3. The van der Waals surface area contributed by atoms with Crippen LogP contribution in [0.25, 0.3) is 0 Å². The van der Waals surface area contributed by atoms with Gasteiger partial charge in [-0.1, -0.05) is 27.7 Å². The van der Waals surface area contributed by atoms with Crippen LogP contribution in [0.4, 0.5) is 0 Å². The molecule has 0 aliphatic carbocycles. The van der Waals surface area contributed by atoms with Gasteiger partial charge in [0, 0.05) is 13.0 Å². The highest BCUT2D eigenvalue weighted by Crippen LogP contribution is 2.10. The lowest BCUT2D eigenvalue weighted by Crippen LogP contribution is -2.58. The first kappa shape index (κ1) is 32.6. The van der Waals surface area contributed by atoms with Crippen molar-refractivity contribution in [2.45, 2.75) is 84.0 Å². The topological polar surface area (TPSA) is 258 Å². The Labute approximate surface area is 211 Å². The average molecular weight is 515 g/mol. The highest BCUT2D eigenvalue weighted by molar-refractivity contribution is 5.94.